The fourth-order valence-electron chi connectivity index (χ4n) is 2.78. The molecule has 0 atom stereocenters. The SMILES string of the molecule is COc1ccccc1NC(=O)Nc1ccc(N2CCNCC2)c(F)c1. The van der Waals surface area contributed by atoms with Gasteiger partial charge in [0.15, 0.2) is 0 Å². The molecule has 0 bridgehead atoms. The zero-order valence-corrected chi connectivity index (χ0v) is 14.0. The first kappa shape index (κ1) is 17.0. The van der Waals surface area contributed by atoms with Crippen molar-refractivity contribution in [2.75, 3.05) is 48.8 Å². The number of piperazine rings is 1. The minimum Gasteiger partial charge on any atom is -0.495 e. The van der Waals surface area contributed by atoms with E-state index in [0.717, 1.165) is 26.2 Å². The number of carbonyl (C=O) groups excluding carboxylic acids is 1. The van der Waals surface area contributed by atoms with E-state index in [9.17, 15) is 9.18 Å². The third-order valence-corrected chi connectivity index (χ3v) is 4.02. The minimum absolute atomic E-state index is 0.350. The molecule has 2 aromatic carbocycles. The van der Waals surface area contributed by atoms with Gasteiger partial charge in [-0.3, -0.25) is 0 Å². The Labute approximate surface area is 146 Å². The predicted molar refractivity (Wildman–Crippen MR) is 97.1 cm³/mol. The highest BCUT2D eigenvalue weighted by Gasteiger charge is 2.15. The molecule has 3 rings (SSSR count). The molecule has 0 saturated carbocycles. The van der Waals surface area contributed by atoms with E-state index in [1.54, 1.807) is 30.3 Å². The Morgan fingerprint density at radius 1 is 1.16 bits per heavy atom. The number of hydrogen-bond donors (Lipinski definition) is 3. The summed E-state index contributed by atoms with van der Waals surface area (Å²) < 4.78 is 19.6. The van der Waals surface area contributed by atoms with E-state index in [4.69, 9.17) is 4.74 Å². The summed E-state index contributed by atoms with van der Waals surface area (Å²) in [6.07, 6.45) is 0. The third-order valence-electron chi connectivity index (χ3n) is 4.02. The van der Waals surface area contributed by atoms with E-state index in [-0.39, 0.29) is 5.82 Å². The van der Waals surface area contributed by atoms with Crippen LogP contribution in [-0.4, -0.2) is 39.3 Å². The lowest BCUT2D eigenvalue weighted by atomic mass is 10.2. The molecule has 0 aliphatic carbocycles. The Hall–Kier alpha value is -2.80. The number of nitrogens with one attached hydrogen (secondary N) is 3. The molecular weight excluding hydrogens is 323 g/mol. The maximum Gasteiger partial charge on any atom is 0.323 e. The molecule has 132 valence electrons. The number of rotatable bonds is 4. The molecule has 0 aromatic heterocycles. The average molecular weight is 344 g/mol. The number of halogens is 1. The van der Waals surface area contributed by atoms with Crippen LogP contribution in [0.3, 0.4) is 0 Å². The van der Waals surface area contributed by atoms with Gasteiger partial charge in [-0.2, -0.15) is 0 Å². The van der Waals surface area contributed by atoms with Crippen LogP contribution in [0.15, 0.2) is 42.5 Å². The summed E-state index contributed by atoms with van der Waals surface area (Å²) in [6.45, 7) is 3.19. The fourth-order valence-corrected chi connectivity index (χ4v) is 2.78. The lowest BCUT2D eigenvalue weighted by Crippen LogP contribution is -2.43. The first-order valence-corrected chi connectivity index (χ1v) is 8.13. The van der Waals surface area contributed by atoms with Crippen LogP contribution in [0.4, 0.5) is 26.2 Å². The summed E-state index contributed by atoms with van der Waals surface area (Å²) in [4.78, 5) is 14.1. The van der Waals surface area contributed by atoms with Crippen LogP contribution >= 0.6 is 0 Å². The number of anilines is 3. The maximum absolute atomic E-state index is 14.4. The van der Waals surface area contributed by atoms with Crippen LogP contribution in [0.5, 0.6) is 5.75 Å². The second-order valence-corrected chi connectivity index (χ2v) is 5.68. The van der Waals surface area contributed by atoms with E-state index in [1.807, 2.05) is 11.0 Å². The van der Waals surface area contributed by atoms with Crippen LogP contribution < -0.4 is 25.6 Å². The van der Waals surface area contributed by atoms with Crippen molar-refractivity contribution in [3.05, 3.63) is 48.3 Å². The number of methoxy groups -OCH3 is 1. The number of amides is 2. The molecule has 7 heteroatoms. The molecule has 2 amide bonds. The quantitative estimate of drug-likeness (QED) is 0.798. The van der Waals surface area contributed by atoms with Gasteiger partial charge in [-0.05, 0) is 30.3 Å². The Bertz CT molecular complexity index is 748. The summed E-state index contributed by atoms with van der Waals surface area (Å²) >= 11 is 0. The molecular formula is C18H21FN4O2. The molecule has 0 radical (unpaired) electrons. The van der Waals surface area contributed by atoms with Crippen molar-refractivity contribution in [3.63, 3.8) is 0 Å². The number of benzene rings is 2. The van der Waals surface area contributed by atoms with Gasteiger partial charge in [0.1, 0.15) is 11.6 Å². The van der Waals surface area contributed by atoms with Gasteiger partial charge < -0.3 is 25.6 Å². The number of nitrogens with zero attached hydrogens (tertiary/aromatic N) is 1. The highest BCUT2D eigenvalue weighted by molar-refractivity contribution is 6.00. The van der Waals surface area contributed by atoms with Crippen molar-refractivity contribution in [2.24, 2.45) is 0 Å². The van der Waals surface area contributed by atoms with Gasteiger partial charge in [0, 0.05) is 31.9 Å². The number of ether oxygens (including phenoxy) is 1. The van der Waals surface area contributed by atoms with E-state index >= 15 is 0 Å². The van der Waals surface area contributed by atoms with Gasteiger partial charge in [-0.15, -0.1) is 0 Å². The fraction of sp³-hybridized carbons (Fsp3) is 0.278. The molecule has 0 spiro atoms. The maximum atomic E-state index is 14.4. The number of carbonyl (C=O) groups is 1. The van der Waals surface area contributed by atoms with Crippen LogP contribution in [0.2, 0.25) is 0 Å². The first-order chi connectivity index (χ1) is 12.2. The van der Waals surface area contributed by atoms with Crippen molar-refractivity contribution >= 4 is 23.1 Å². The largest absolute Gasteiger partial charge is 0.495 e. The van der Waals surface area contributed by atoms with Crippen LogP contribution in [0.25, 0.3) is 0 Å². The zero-order chi connectivity index (χ0) is 17.6. The van der Waals surface area contributed by atoms with Gasteiger partial charge in [-0.25, -0.2) is 9.18 Å². The van der Waals surface area contributed by atoms with E-state index in [0.29, 0.717) is 22.8 Å². The van der Waals surface area contributed by atoms with Crippen molar-refractivity contribution in [1.29, 1.82) is 0 Å². The predicted octanol–water partition coefficient (Wildman–Crippen LogP) is 2.89. The Morgan fingerprint density at radius 3 is 2.64 bits per heavy atom. The number of para-hydroxylation sites is 2. The molecule has 1 fully saturated rings. The second-order valence-electron chi connectivity index (χ2n) is 5.68. The van der Waals surface area contributed by atoms with Gasteiger partial charge in [0.05, 0.1) is 18.5 Å². The number of urea groups is 1. The van der Waals surface area contributed by atoms with Gasteiger partial charge in [0.25, 0.3) is 0 Å². The highest BCUT2D eigenvalue weighted by atomic mass is 19.1. The van der Waals surface area contributed by atoms with Crippen LogP contribution in [0.1, 0.15) is 0 Å². The van der Waals surface area contributed by atoms with E-state index in [1.165, 1.54) is 13.2 Å². The van der Waals surface area contributed by atoms with Crippen molar-refractivity contribution < 1.29 is 13.9 Å². The molecule has 1 aliphatic heterocycles. The van der Waals surface area contributed by atoms with E-state index in [2.05, 4.69) is 16.0 Å². The number of hydrogen-bond acceptors (Lipinski definition) is 4. The van der Waals surface area contributed by atoms with Crippen LogP contribution in [-0.2, 0) is 0 Å². The lowest BCUT2D eigenvalue weighted by molar-refractivity contribution is 0.262. The molecule has 1 heterocycles. The smallest absolute Gasteiger partial charge is 0.323 e. The minimum atomic E-state index is -0.459. The topological polar surface area (TPSA) is 65.6 Å². The Morgan fingerprint density at radius 2 is 1.92 bits per heavy atom. The van der Waals surface area contributed by atoms with Crippen molar-refractivity contribution in [3.8, 4) is 5.75 Å². The van der Waals surface area contributed by atoms with Gasteiger partial charge >= 0.3 is 6.03 Å². The Balaban J connectivity index is 1.66. The van der Waals surface area contributed by atoms with Crippen LogP contribution in [0, 0.1) is 5.82 Å². The summed E-state index contributed by atoms with van der Waals surface area (Å²) in [7, 11) is 1.53. The molecule has 2 aromatic rings. The highest BCUT2D eigenvalue weighted by Crippen LogP contribution is 2.25. The monoisotopic (exact) mass is 344 g/mol. The van der Waals surface area contributed by atoms with Crippen molar-refractivity contribution in [1.82, 2.24) is 5.32 Å². The zero-order valence-electron chi connectivity index (χ0n) is 14.0. The molecule has 25 heavy (non-hydrogen) atoms. The van der Waals surface area contributed by atoms with Gasteiger partial charge in [0.2, 0.25) is 0 Å². The molecule has 0 unspecified atom stereocenters. The molecule has 1 aliphatic rings. The average Bonchev–Trinajstić information content (AvgIpc) is 2.63. The lowest BCUT2D eigenvalue weighted by Gasteiger charge is -2.29. The summed E-state index contributed by atoms with van der Waals surface area (Å²) in [5.74, 6) is 0.204. The molecule has 3 N–H and O–H groups in total. The standard InChI is InChI=1S/C18H21FN4O2/c1-25-17-5-3-2-4-15(17)22-18(24)21-13-6-7-16(14(19)12-13)23-10-8-20-9-11-23/h2-7,12,20H,8-11H2,1H3,(H2,21,22,24). The summed E-state index contributed by atoms with van der Waals surface area (Å²) in [6, 6.07) is 11.3. The molecule has 6 nitrogen and oxygen atoms in total. The summed E-state index contributed by atoms with van der Waals surface area (Å²) in [5, 5.41) is 8.56. The van der Waals surface area contributed by atoms with Crippen molar-refractivity contribution in [2.45, 2.75) is 0 Å². The molecule has 1 saturated heterocycles. The summed E-state index contributed by atoms with van der Waals surface area (Å²) in [5.41, 5.74) is 1.49. The Kier molecular flexibility index (Phi) is 5.35. The first-order valence-electron chi connectivity index (χ1n) is 8.13. The van der Waals surface area contributed by atoms with Gasteiger partial charge in [-0.1, -0.05) is 12.1 Å². The third kappa shape index (κ3) is 4.19. The normalized spacial score (nSPS) is 14.1. The second kappa shape index (κ2) is 7.85. The van der Waals surface area contributed by atoms with E-state index < -0.39 is 6.03 Å².